The van der Waals surface area contributed by atoms with Gasteiger partial charge in [0.1, 0.15) is 11.8 Å². The lowest BCUT2D eigenvalue weighted by Crippen LogP contribution is -2.45. The van der Waals surface area contributed by atoms with E-state index in [1.807, 2.05) is 0 Å². The van der Waals surface area contributed by atoms with Gasteiger partial charge in [-0.2, -0.15) is 8.78 Å². The number of nitrogens with one attached hydrogen (secondary N) is 1. The molecule has 1 heterocycles. The Balaban J connectivity index is 1.98. The predicted octanol–water partition coefficient (Wildman–Crippen LogP) is 1.09. The molecule has 7 nitrogen and oxygen atoms in total. The first-order chi connectivity index (χ1) is 11.4. The Bertz CT molecular complexity index is 638. The molecule has 0 aliphatic carbocycles. The van der Waals surface area contributed by atoms with E-state index in [-0.39, 0.29) is 11.3 Å². The van der Waals surface area contributed by atoms with Crippen molar-refractivity contribution in [2.45, 2.75) is 25.5 Å². The highest BCUT2D eigenvalue weighted by atomic mass is 19.3. The van der Waals surface area contributed by atoms with Gasteiger partial charge in [-0.3, -0.25) is 9.59 Å². The number of carboxylic acid groups (broad SMARTS) is 1. The van der Waals surface area contributed by atoms with Gasteiger partial charge in [0.05, 0.1) is 12.1 Å². The molecule has 1 aliphatic heterocycles. The number of hydrogen-bond donors (Lipinski definition) is 2. The van der Waals surface area contributed by atoms with Gasteiger partial charge in [-0.1, -0.05) is 12.1 Å². The molecular weight excluding hydrogens is 326 g/mol. The van der Waals surface area contributed by atoms with E-state index in [9.17, 15) is 23.2 Å². The van der Waals surface area contributed by atoms with Crippen molar-refractivity contribution < 1.29 is 33.0 Å². The Morgan fingerprint density at radius 3 is 2.71 bits per heavy atom. The molecule has 9 heteroatoms. The lowest BCUT2D eigenvalue weighted by molar-refractivity contribution is -0.147. The number of carboxylic acids is 1. The molecule has 0 spiro atoms. The lowest BCUT2D eigenvalue weighted by Gasteiger charge is -2.21. The molecule has 0 saturated carbocycles. The number of amides is 2. The van der Waals surface area contributed by atoms with E-state index in [4.69, 9.17) is 5.11 Å². The van der Waals surface area contributed by atoms with Crippen molar-refractivity contribution in [2.24, 2.45) is 0 Å². The zero-order valence-corrected chi connectivity index (χ0v) is 12.6. The van der Waals surface area contributed by atoms with Gasteiger partial charge in [-0.15, -0.1) is 0 Å². The maximum absolute atomic E-state index is 12.3. The van der Waals surface area contributed by atoms with Crippen molar-refractivity contribution in [2.75, 3.05) is 13.1 Å². The maximum Gasteiger partial charge on any atom is 0.387 e. The third-order valence-corrected chi connectivity index (χ3v) is 3.61. The number of likely N-dealkylation sites (tertiary alicyclic amines) is 1. The largest absolute Gasteiger partial charge is 0.480 e. The van der Waals surface area contributed by atoms with E-state index in [0.717, 1.165) is 0 Å². The Kier molecular flexibility index (Phi) is 5.67. The minimum absolute atomic E-state index is 0.137. The van der Waals surface area contributed by atoms with Crippen LogP contribution in [0.15, 0.2) is 24.3 Å². The van der Waals surface area contributed by atoms with Crippen molar-refractivity contribution in [3.05, 3.63) is 29.8 Å². The van der Waals surface area contributed by atoms with Crippen LogP contribution >= 0.6 is 0 Å². The van der Waals surface area contributed by atoms with Gasteiger partial charge in [-0.25, -0.2) is 4.79 Å². The summed E-state index contributed by atoms with van der Waals surface area (Å²) in [6, 6.07) is 4.50. The van der Waals surface area contributed by atoms with Crippen LogP contribution in [-0.4, -0.2) is 53.5 Å². The molecule has 24 heavy (non-hydrogen) atoms. The standard InChI is InChI=1S/C15H16F2N2O5/c16-15(17)24-11-6-2-1-4-9(11)13(21)18-8-12(20)19-7-3-5-10(19)14(22)23/h1-2,4,6,10,15H,3,5,7-8H2,(H,18,21)(H,22,23). The second-order valence-corrected chi connectivity index (χ2v) is 5.14. The molecule has 0 radical (unpaired) electrons. The number of nitrogens with zero attached hydrogens (tertiary/aromatic N) is 1. The summed E-state index contributed by atoms with van der Waals surface area (Å²) in [5, 5.41) is 11.3. The highest BCUT2D eigenvalue weighted by Crippen LogP contribution is 2.20. The van der Waals surface area contributed by atoms with Gasteiger partial charge in [0.2, 0.25) is 5.91 Å². The summed E-state index contributed by atoms with van der Waals surface area (Å²) >= 11 is 0. The third-order valence-electron chi connectivity index (χ3n) is 3.61. The molecule has 1 saturated heterocycles. The molecule has 1 atom stereocenters. The van der Waals surface area contributed by atoms with Crippen LogP contribution in [0.5, 0.6) is 5.75 Å². The van der Waals surface area contributed by atoms with Crippen molar-refractivity contribution >= 4 is 17.8 Å². The summed E-state index contributed by atoms with van der Waals surface area (Å²) in [5.41, 5.74) is -0.137. The number of ether oxygens (including phenoxy) is 1. The molecule has 2 N–H and O–H groups in total. The molecule has 1 aromatic rings. The van der Waals surface area contributed by atoms with Crippen molar-refractivity contribution in [1.82, 2.24) is 10.2 Å². The Morgan fingerprint density at radius 1 is 1.33 bits per heavy atom. The first-order valence-corrected chi connectivity index (χ1v) is 7.24. The zero-order valence-electron chi connectivity index (χ0n) is 12.6. The van der Waals surface area contributed by atoms with Gasteiger partial charge < -0.3 is 20.1 Å². The van der Waals surface area contributed by atoms with Crippen molar-refractivity contribution in [3.8, 4) is 5.75 Å². The molecule has 2 rings (SSSR count). The van der Waals surface area contributed by atoms with E-state index < -0.39 is 37.0 Å². The first-order valence-electron chi connectivity index (χ1n) is 7.24. The summed E-state index contributed by atoms with van der Waals surface area (Å²) in [5.74, 6) is -2.70. The predicted molar refractivity (Wildman–Crippen MR) is 77.8 cm³/mol. The number of aliphatic carboxylic acids is 1. The molecule has 1 fully saturated rings. The maximum atomic E-state index is 12.3. The first kappa shape index (κ1) is 17.6. The Labute approximate surface area is 136 Å². The summed E-state index contributed by atoms with van der Waals surface area (Å²) in [7, 11) is 0. The van der Waals surface area contributed by atoms with Gasteiger partial charge in [-0.05, 0) is 25.0 Å². The lowest BCUT2D eigenvalue weighted by atomic mass is 10.2. The monoisotopic (exact) mass is 342 g/mol. The summed E-state index contributed by atoms with van der Waals surface area (Å²) in [4.78, 5) is 36.4. The molecule has 2 amide bonds. The van der Waals surface area contributed by atoms with Crippen LogP contribution in [0.1, 0.15) is 23.2 Å². The van der Waals surface area contributed by atoms with E-state index >= 15 is 0 Å². The molecule has 0 aromatic heterocycles. The van der Waals surface area contributed by atoms with E-state index in [2.05, 4.69) is 10.1 Å². The number of alkyl halides is 2. The van der Waals surface area contributed by atoms with E-state index in [0.29, 0.717) is 19.4 Å². The van der Waals surface area contributed by atoms with Crippen LogP contribution in [-0.2, 0) is 9.59 Å². The van der Waals surface area contributed by atoms with Gasteiger partial charge in [0.25, 0.3) is 5.91 Å². The van der Waals surface area contributed by atoms with Crippen LogP contribution in [0.4, 0.5) is 8.78 Å². The smallest absolute Gasteiger partial charge is 0.387 e. The average Bonchev–Trinajstić information content (AvgIpc) is 3.02. The fraction of sp³-hybridized carbons (Fsp3) is 0.400. The summed E-state index contributed by atoms with van der Waals surface area (Å²) < 4.78 is 28.9. The van der Waals surface area contributed by atoms with Crippen LogP contribution in [0.2, 0.25) is 0 Å². The minimum Gasteiger partial charge on any atom is -0.480 e. The second kappa shape index (κ2) is 7.71. The second-order valence-electron chi connectivity index (χ2n) is 5.14. The number of carbonyl (C=O) groups is 3. The third kappa shape index (κ3) is 4.18. The molecule has 1 aliphatic rings. The van der Waals surface area contributed by atoms with E-state index in [1.54, 1.807) is 0 Å². The molecule has 1 aromatic carbocycles. The molecule has 1 unspecified atom stereocenters. The normalized spacial score (nSPS) is 17.0. The van der Waals surface area contributed by atoms with Gasteiger partial charge in [0.15, 0.2) is 0 Å². The molecular formula is C15H16F2N2O5. The van der Waals surface area contributed by atoms with Crippen LogP contribution < -0.4 is 10.1 Å². The number of benzene rings is 1. The highest BCUT2D eigenvalue weighted by Gasteiger charge is 2.33. The number of halogens is 2. The Hall–Kier alpha value is -2.71. The number of para-hydroxylation sites is 1. The zero-order chi connectivity index (χ0) is 17.7. The number of hydrogen-bond acceptors (Lipinski definition) is 4. The quantitative estimate of drug-likeness (QED) is 0.807. The summed E-state index contributed by atoms with van der Waals surface area (Å²) in [6.07, 6.45) is 0.932. The molecule has 0 bridgehead atoms. The van der Waals surface area contributed by atoms with Crippen LogP contribution in [0.25, 0.3) is 0 Å². The fourth-order valence-corrected chi connectivity index (χ4v) is 2.53. The fourth-order valence-electron chi connectivity index (χ4n) is 2.53. The van der Waals surface area contributed by atoms with Crippen molar-refractivity contribution in [1.29, 1.82) is 0 Å². The van der Waals surface area contributed by atoms with E-state index in [1.165, 1.54) is 29.2 Å². The van der Waals surface area contributed by atoms with Crippen molar-refractivity contribution in [3.63, 3.8) is 0 Å². The topological polar surface area (TPSA) is 95.9 Å². The number of carbonyl (C=O) groups excluding carboxylic acids is 2. The average molecular weight is 342 g/mol. The van der Waals surface area contributed by atoms with Gasteiger partial charge >= 0.3 is 12.6 Å². The highest BCUT2D eigenvalue weighted by molar-refractivity contribution is 5.99. The Morgan fingerprint density at radius 2 is 2.04 bits per heavy atom. The summed E-state index contributed by atoms with van der Waals surface area (Å²) in [6.45, 7) is -3.20. The minimum atomic E-state index is -3.08. The number of rotatable bonds is 6. The van der Waals surface area contributed by atoms with Crippen LogP contribution in [0.3, 0.4) is 0 Å². The van der Waals surface area contributed by atoms with Gasteiger partial charge in [0, 0.05) is 6.54 Å². The van der Waals surface area contributed by atoms with Crippen LogP contribution in [0, 0.1) is 0 Å². The SMILES string of the molecule is O=C(NCC(=O)N1CCCC1C(=O)O)c1ccccc1OC(F)F. The molecule has 130 valence electrons.